The van der Waals surface area contributed by atoms with Crippen LogP contribution < -0.4 is 4.74 Å². The molecule has 0 aliphatic carbocycles. The lowest BCUT2D eigenvalue weighted by molar-refractivity contribution is -0.136. The van der Waals surface area contributed by atoms with E-state index in [1.54, 1.807) is 0 Å². The molecule has 0 unspecified atom stereocenters. The zero-order valence-corrected chi connectivity index (χ0v) is 18.1. The van der Waals surface area contributed by atoms with E-state index in [0.717, 1.165) is 44.7 Å². The quantitative estimate of drug-likeness (QED) is 0.329. The molecule has 0 amide bonds. The van der Waals surface area contributed by atoms with Gasteiger partial charge in [0.2, 0.25) is 0 Å². The third-order valence-electron chi connectivity index (χ3n) is 5.51. The summed E-state index contributed by atoms with van der Waals surface area (Å²) in [5.41, 5.74) is 7.53. The largest absolute Gasteiger partial charge is 0.494 e. The molecule has 0 saturated heterocycles. The van der Waals surface area contributed by atoms with Gasteiger partial charge in [0.1, 0.15) is 5.75 Å². The van der Waals surface area contributed by atoms with E-state index in [1.807, 2.05) is 55.5 Å². The van der Waals surface area contributed by atoms with Crippen molar-refractivity contribution in [3.8, 4) is 39.1 Å². The number of hydrogen-bond donors (Lipinski definition) is 1. The van der Waals surface area contributed by atoms with Gasteiger partial charge in [0.25, 0.3) is 0 Å². The predicted octanol–water partition coefficient (Wildman–Crippen LogP) is 7.10. The van der Waals surface area contributed by atoms with Crippen molar-refractivity contribution in [2.45, 2.75) is 19.8 Å². The van der Waals surface area contributed by atoms with Crippen molar-refractivity contribution in [3.05, 3.63) is 103 Å². The van der Waals surface area contributed by atoms with E-state index in [4.69, 9.17) is 4.74 Å². The maximum Gasteiger partial charge on any atom is 0.303 e. The Morgan fingerprint density at radius 2 is 1.25 bits per heavy atom. The lowest BCUT2D eigenvalue weighted by Crippen LogP contribution is -2.02. The van der Waals surface area contributed by atoms with Crippen LogP contribution >= 0.6 is 0 Å². The van der Waals surface area contributed by atoms with E-state index < -0.39 is 5.97 Å². The second-order valence-electron chi connectivity index (χ2n) is 7.63. The summed E-state index contributed by atoms with van der Waals surface area (Å²) in [6, 6.07) is 32.8. The van der Waals surface area contributed by atoms with Gasteiger partial charge in [0, 0.05) is 6.42 Å². The Hall–Kier alpha value is -3.85. The number of carboxylic acids is 1. The van der Waals surface area contributed by atoms with Crippen molar-refractivity contribution in [2.24, 2.45) is 0 Å². The van der Waals surface area contributed by atoms with E-state index in [1.165, 1.54) is 0 Å². The summed E-state index contributed by atoms with van der Waals surface area (Å²) in [5, 5.41) is 9.39. The van der Waals surface area contributed by atoms with Crippen LogP contribution in [0.1, 0.15) is 18.9 Å². The number of carbonyl (C=O) groups is 1. The molecule has 0 aliphatic heterocycles. The smallest absolute Gasteiger partial charge is 0.303 e. The van der Waals surface area contributed by atoms with E-state index in [0.29, 0.717) is 13.0 Å². The van der Waals surface area contributed by atoms with Crippen LogP contribution in [0.25, 0.3) is 33.4 Å². The molecule has 4 aromatic carbocycles. The van der Waals surface area contributed by atoms with Crippen molar-refractivity contribution in [3.63, 3.8) is 0 Å². The highest BCUT2D eigenvalue weighted by Crippen LogP contribution is 2.38. The molecule has 4 rings (SSSR count). The summed E-state index contributed by atoms with van der Waals surface area (Å²) < 4.78 is 5.60. The van der Waals surface area contributed by atoms with Crippen LogP contribution in [0.2, 0.25) is 0 Å². The van der Waals surface area contributed by atoms with E-state index >= 15 is 0 Å². The van der Waals surface area contributed by atoms with E-state index in [-0.39, 0.29) is 6.42 Å². The Balaban J connectivity index is 1.93. The molecule has 32 heavy (non-hydrogen) atoms. The summed E-state index contributed by atoms with van der Waals surface area (Å²) >= 11 is 0. The first-order valence-corrected chi connectivity index (χ1v) is 10.9. The Kier molecular flexibility index (Phi) is 6.66. The maximum absolute atomic E-state index is 11.4. The normalized spacial score (nSPS) is 10.7. The van der Waals surface area contributed by atoms with Crippen molar-refractivity contribution < 1.29 is 14.6 Å². The minimum Gasteiger partial charge on any atom is -0.494 e. The van der Waals surface area contributed by atoms with Gasteiger partial charge < -0.3 is 9.84 Å². The minimum absolute atomic E-state index is 0.0854. The molecule has 4 aromatic rings. The number of rotatable bonds is 8. The maximum atomic E-state index is 11.4. The van der Waals surface area contributed by atoms with Crippen molar-refractivity contribution >= 4 is 5.97 Å². The lowest BCUT2D eigenvalue weighted by Gasteiger charge is -2.18. The van der Waals surface area contributed by atoms with Crippen LogP contribution in [0.4, 0.5) is 0 Å². The second-order valence-corrected chi connectivity index (χ2v) is 7.63. The summed E-state index contributed by atoms with van der Waals surface area (Å²) in [6.45, 7) is 2.61. The predicted molar refractivity (Wildman–Crippen MR) is 130 cm³/mol. The molecule has 0 bridgehead atoms. The van der Waals surface area contributed by atoms with Crippen molar-refractivity contribution in [1.82, 2.24) is 0 Å². The fraction of sp³-hybridized carbons (Fsp3) is 0.138. The first kappa shape index (κ1) is 21.4. The highest BCUT2D eigenvalue weighted by atomic mass is 16.5. The van der Waals surface area contributed by atoms with Crippen LogP contribution in [0, 0.1) is 0 Å². The molecule has 0 spiro atoms. The standard InChI is InChI=1S/C29H26O3/c1-2-32-25-15-13-21(14-16-25)24-19-27(22-9-5-3-6-10-22)26(17-18-29(30)31)28(20-24)23-11-7-4-8-12-23/h3-16,19-20H,2,17-18H2,1H3,(H,30,31). The van der Waals surface area contributed by atoms with Crippen LogP contribution in [-0.4, -0.2) is 17.7 Å². The van der Waals surface area contributed by atoms with Gasteiger partial charge in [0.05, 0.1) is 6.61 Å². The third-order valence-corrected chi connectivity index (χ3v) is 5.51. The van der Waals surface area contributed by atoms with Gasteiger partial charge in [-0.2, -0.15) is 0 Å². The first-order valence-electron chi connectivity index (χ1n) is 10.9. The number of aliphatic carboxylic acids is 1. The average Bonchev–Trinajstić information content (AvgIpc) is 2.84. The monoisotopic (exact) mass is 422 g/mol. The Morgan fingerprint density at radius 3 is 1.72 bits per heavy atom. The van der Waals surface area contributed by atoms with Crippen molar-refractivity contribution in [1.29, 1.82) is 0 Å². The Labute approximate surface area is 188 Å². The van der Waals surface area contributed by atoms with Crippen LogP contribution in [0.3, 0.4) is 0 Å². The van der Waals surface area contributed by atoms with Crippen LogP contribution in [-0.2, 0) is 11.2 Å². The van der Waals surface area contributed by atoms with Crippen molar-refractivity contribution in [2.75, 3.05) is 6.61 Å². The zero-order valence-electron chi connectivity index (χ0n) is 18.1. The minimum atomic E-state index is -0.793. The third kappa shape index (κ3) is 4.89. The van der Waals surface area contributed by atoms with E-state index in [9.17, 15) is 9.90 Å². The molecule has 0 saturated carbocycles. The molecular weight excluding hydrogens is 396 g/mol. The highest BCUT2D eigenvalue weighted by molar-refractivity contribution is 5.85. The molecule has 0 fully saturated rings. The van der Waals surface area contributed by atoms with Gasteiger partial charge in [0.15, 0.2) is 0 Å². The van der Waals surface area contributed by atoms with E-state index in [2.05, 4.69) is 48.5 Å². The van der Waals surface area contributed by atoms with Gasteiger partial charge in [-0.05, 0) is 76.6 Å². The van der Waals surface area contributed by atoms with Gasteiger partial charge >= 0.3 is 5.97 Å². The molecule has 160 valence electrons. The average molecular weight is 423 g/mol. The van der Waals surface area contributed by atoms with Gasteiger partial charge in [-0.25, -0.2) is 0 Å². The zero-order chi connectivity index (χ0) is 22.3. The molecule has 0 atom stereocenters. The topological polar surface area (TPSA) is 46.5 Å². The molecule has 3 heteroatoms. The Bertz CT molecular complexity index is 1120. The van der Waals surface area contributed by atoms with Crippen LogP contribution in [0.15, 0.2) is 97.1 Å². The SMILES string of the molecule is CCOc1ccc(-c2cc(-c3ccccc3)c(CCC(=O)O)c(-c3ccccc3)c2)cc1. The Morgan fingerprint density at radius 1 is 0.719 bits per heavy atom. The summed E-state index contributed by atoms with van der Waals surface area (Å²) in [4.78, 5) is 11.4. The molecule has 0 heterocycles. The molecule has 0 aliphatic rings. The highest BCUT2D eigenvalue weighted by Gasteiger charge is 2.16. The fourth-order valence-electron chi connectivity index (χ4n) is 4.00. The molecule has 3 nitrogen and oxygen atoms in total. The molecule has 0 aromatic heterocycles. The first-order chi connectivity index (χ1) is 15.7. The molecule has 0 radical (unpaired) electrons. The van der Waals surface area contributed by atoms with Crippen LogP contribution in [0.5, 0.6) is 5.75 Å². The molecular formula is C29H26O3. The summed E-state index contributed by atoms with van der Waals surface area (Å²) in [6.07, 6.45) is 0.551. The van der Waals surface area contributed by atoms with Gasteiger partial charge in [-0.15, -0.1) is 0 Å². The summed E-state index contributed by atoms with van der Waals surface area (Å²) in [7, 11) is 0. The number of hydrogen-bond acceptors (Lipinski definition) is 2. The van der Waals surface area contributed by atoms with Gasteiger partial charge in [-0.3, -0.25) is 4.79 Å². The number of benzene rings is 4. The summed E-state index contributed by atoms with van der Waals surface area (Å²) in [5.74, 6) is 0.0551. The second kappa shape index (κ2) is 9.97. The number of carboxylic acid groups (broad SMARTS) is 1. The fourth-order valence-corrected chi connectivity index (χ4v) is 4.00. The molecule has 1 N–H and O–H groups in total. The lowest BCUT2D eigenvalue weighted by atomic mass is 9.86. The number of ether oxygens (including phenoxy) is 1. The van der Waals surface area contributed by atoms with Gasteiger partial charge in [-0.1, -0.05) is 72.8 Å².